The van der Waals surface area contributed by atoms with E-state index >= 15 is 0 Å². The van der Waals surface area contributed by atoms with Gasteiger partial charge in [0.1, 0.15) is 0 Å². The van der Waals surface area contributed by atoms with E-state index in [1.54, 1.807) is 29.3 Å². The van der Waals surface area contributed by atoms with Crippen LogP contribution in [0.1, 0.15) is 28.9 Å². The summed E-state index contributed by atoms with van der Waals surface area (Å²) >= 11 is 0. The zero-order valence-electron chi connectivity index (χ0n) is 17.0. The average molecular weight is 415 g/mol. The number of amides is 2. The predicted octanol–water partition coefficient (Wildman–Crippen LogP) is 3.96. The van der Waals surface area contributed by atoms with Crippen molar-refractivity contribution in [3.63, 3.8) is 0 Å². The van der Waals surface area contributed by atoms with Crippen molar-refractivity contribution in [1.82, 2.24) is 4.98 Å². The molecular weight excluding hydrogens is 394 g/mol. The Morgan fingerprint density at radius 1 is 1.03 bits per heavy atom. The quantitative estimate of drug-likeness (QED) is 0.681. The number of hydrogen-bond donors (Lipinski definition) is 1. The summed E-state index contributed by atoms with van der Waals surface area (Å²) in [4.78, 5) is 31.1. The largest absolute Gasteiger partial charge is 0.454 e. The number of nitrogens with zero attached hydrogens (tertiary/aromatic N) is 2. The van der Waals surface area contributed by atoms with Crippen molar-refractivity contribution in [2.24, 2.45) is 11.7 Å². The van der Waals surface area contributed by atoms with Gasteiger partial charge in [0, 0.05) is 28.8 Å². The first-order chi connectivity index (χ1) is 15.0. The molecule has 0 saturated heterocycles. The number of nitrogens with two attached hydrogens (primary N) is 1. The number of aryl methyl sites for hydroxylation is 1. The molecule has 156 valence electrons. The van der Waals surface area contributed by atoms with Crippen molar-refractivity contribution in [2.75, 3.05) is 11.7 Å². The first-order valence-corrected chi connectivity index (χ1v) is 10.1. The fourth-order valence-electron chi connectivity index (χ4n) is 3.72. The molecule has 2 aliphatic rings. The maximum atomic E-state index is 13.2. The third kappa shape index (κ3) is 3.59. The number of ether oxygens (including phenoxy) is 2. The van der Waals surface area contributed by atoms with Gasteiger partial charge < -0.3 is 15.2 Å². The zero-order chi connectivity index (χ0) is 21.5. The Labute approximate surface area is 179 Å². The molecule has 0 spiro atoms. The van der Waals surface area contributed by atoms with Crippen molar-refractivity contribution in [2.45, 2.75) is 19.8 Å². The molecule has 2 amide bonds. The van der Waals surface area contributed by atoms with E-state index in [1.807, 2.05) is 37.3 Å². The Morgan fingerprint density at radius 3 is 2.61 bits per heavy atom. The van der Waals surface area contributed by atoms with Gasteiger partial charge in [0.2, 0.25) is 18.6 Å². The summed E-state index contributed by atoms with van der Waals surface area (Å²) in [5.41, 5.74) is 9.65. The maximum absolute atomic E-state index is 13.2. The predicted molar refractivity (Wildman–Crippen MR) is 115 cm³/mol. The smallest absolute Gasteiger partial charge is 0.248 e. The van der Waals surface area contributed by atoms with E-state index in [0.29, 0.717) is 28.4 Å². The Hall–Kier alpha value is -3.87. The molecule has 7 heteroatoms. The highest BCUT2D eigenvalue weighted by Crippen LogP contribution is 2.41. The molecule has 1 aliphatic carbocycles. The lowest BCUT2D eigenvalue weighted by Gasteiger charge is -2.24. The highest BCUT2D eigenvalue weighted by molar-refractivity contribution is 6.03. The van der Waals surface area contributed by atoms with Gasteiger partial charge in [0.25, 0.3) is 0 Å². The number of primary amides is 1. The molecule has 1 aliphatic heterocycles. The summed E-state index contributed by atoms with van der Waals surface area (Å²) in [7, 11) is 0. The lowest BCUT2D eigenvalue weighted by Crippen LogP contribution is -2.27. The van der Waals surface area contributed by atoms with Crippen LogP contribution in [-0.2, 0) is 4.79 Å². The molecule has 7 nitrogen and oxygen atoms in total. The van der Waals surface area contributed by atoms with Crippen LogP contribution in [0.25, 0.3) is 11.1 Å². The second kappa shape index (κ2) is 7.43. The number of carbonyl (C=O) groups excluding carboxylic acids is 2. The van der Waals surface area contributed by atoms with E-state index in [1.165, 1.54) is 0 Å². The van der Waals surface area contributed by atoms with Crippen LogP contribution in [0.5, 0.6) is 11.5 Å². The van der Waals surface area contributed by atoms with Crippen LogP contribution < -0.4 is 20.1 Å². The van der Waals surface area contributed by atoms with Crippen molar-refractivity contribution in [3.05, 3.63) is 66.0 Å². The molecule has 1 fully saturated rings. The van der Waals surface area contributed by atoms with Crippen LogP contribution in [-0.4, -0.2) is 23.6 Å². The third-order valence-corrected chi connectivity index (χ3v) is 5.55. The SMILES string of the molecule is Cc1ncc(N(C(=O)C2CC2)c2ccc3c(c2)OCO3)cc1-c1cccc(C(N)=O)c1. The second-order valence-corrected chi connectivity index (χ2v) is 7.76. The summed E-state index contributed by atoms with van der Waals surface area (Å²) in [5, 5.41) is 0. The Bertz CT molecular complexity index is 1200. The van der Waals surface area contributed by atoms with Crippen LogP contribution >= 0.6 is 0 Å². The number of anilines is 2. The summed E-state index contributed by atoms with van der Waals surface area (Å²) in [5.74, 6) is 0.818. The summed E-state index contributed by atoms with van der Waals surface area (Å²) in [6, 6.07) is 14.5. The number of fused-ring (bicyclic) bond motifs is 1. The first kappa shape index (κ1) is 19.1. The first-order valence-electron chi connectivity index (χ1n) is 10.1. The fourth-order valence-corrected chi connectivity index (χ4v) is 3.72. The molecule has 5 rings (SSSR count). The minimum absolute atomic E-state index is 0.00775. The number of benzene rings is 2. The number of hydrogen-bond acceptors (Lipinski definition) is 5. The van der Waals surface area contributed by atoms with E-state index in [2.05, 4.69) is 4.98 Å². The van der Waals surface area contributed by atoms with Crippen molar-refractivity contribution < 1.29 is 19.1 Å². The molecule has 0 unspecified atom stereocenters. The van der Waals surface area contributed by atoms with Gasteiger partial charge in [0.15, 0.2) is 11.5 Å². The zero-order valence-corrected chi connectivity index (χ0v) is 17.0. The lowest BCUT2D eigenvalue weighted by atomic mass is 10.0. The van der Waals surface area contributed by atoms with E-state index < -0.39 is 5.91 Å². The normalized spacial score (nSPS) is 14.4. The highest BCUT2D eigenvalue weighted by Gasteiger charge is 2.35. The van der Waals surface area contributed by atoms with Crippen molar-refractivity contribution in [3.8, 4) is 22.6 Å². The van der Waals surface area contributed by atoms with Gasteiger partial charge >= 0.3 is 0 Å². The Kier molecular flexibility index (Phi) is 4.58. The van der Waals surface area contributed by atoms with E-state index in [9.17, 15) is 9.59 Å². The number of pyridine rings is 1. The minimum Gasteiger partial charge on any atom is -0.454 e. The van der Waals surface area contributed by atoms with Gasteiger partial charge in [-0.3, -0.25) is 19.5 Å². The molecule has 1 aromatic heterocycles. The van der Waals surface area contributed by atoms with Crippen LogP contribution in [0, 0.1) is 12.8 Å². The summed E-state index contributed by atoms with van der Waals surface area (Å²) in [6.07, 6.45) is 3.46. The van der Waals surface area contributed by atoms with Crippen LogP contribution in [0.2, 0.25) is 0 Å². The van der Waals surface area contributed by atoms with Crippen LogP contribution in [0.3, 0.4) is 0 Å². The summed E-state index contributed by atoms with van der Waals surface area (Å²) in [6.45, 7) is 2.06. The van der Waals surface area contributed by atoms with Crippen LogP contribution in [0.15, 0.2) is 54.7 Å². The lowest BCUT2D eigenvalue weighted by molar-refractivity contribution is -0.119. The Morgan fingerprint density at radius 2 is 1.84 bits per heavy atom. The maximum Gasteiger partial charge on any atom is 0.248 e. The average Bonchev–Trinajstić information content (AvgIpc) is 3.52. The van der Waals surface area contributed by atoms with Gasteiger partial charge in [-0.25, -0.2) is 0 Å². The Balaban J connectivity index is 1.60. The van der Waals surface area contributed by atoms with E-state index in [0.717, 1.165) is 29.7 Å². The number of aromatic nitrogens is 1. The van der Waals surface area contributed by atoms with Crippen molar-refractivity contribution >= 4 is 23.2 Å². The third-order valence-electron chi connectivity index (χ3n) is 5.55. The van der Waals surface area contributed by atoms with E-state index in [4.69, 9.17) is 15.2 Å². The van der Waals surface area contributed by atoms with Crippen LogP contribution in [0.4, 0.5) is 11.4 Å². The molecule has 3 aromatic rings. The fraction of sp³-hybridized carbons (Fsp3) is 0.208. The molecular formula is C24H21N3O4. The minimum atomic E-state index is -0.491. The van der Waals surface area contributed by atoms with E-state index in [-0.39, 0.29) is 18.6 Å². The van der Waals surface area contributed by atoms with Gasteiger partial charge in [0.05, 0.1) is 17.6 Å². The molecule has 0 bridgehead atoms. The summed E-state index contributed by atoms with van der Waals surface area (Å²) < 4.78 is 10.9. The molecule has 0 radical (unpaired) electrons. The number of carbonyl (C=O) groups is 2. The second-order valence-electron chi connectivity index (χ2n) is 7.76. The molecule has 31 heavy (non-hydrogen) atoms. The molecule has 2 heterocycles. The van der Waals surface area contributed by atoms with Gasteiger partial charge in [-0.1, -0.05) is 12.1 Å². The van der Waals surface area contributed by atoms with Gasteiger partial charge in [-0.2, -0.15) is 0 Å². The van der Waals surface area contributed by atoms with Gasteiger partial charge in [-0.15, -0.1) is 0 Å². The standard InChI is InChI=1S/C24H21N3O4/c1-14-20(16-3-2-4-17(9-16)23(25)28)10-19(12-26-14)27(24(29)15-5-6-15)18-7-8-21-22(11-18)31-13-30-21/h2-4,7-12,15H,5-6,13H2,1H3,(H2,25,28). The monoisotopic (exact) mass is 415 g/mol. The molecule has 2 aromatic carbocycles. The van der Waals surface area contributed by atoms with Crippen molar-refractivity contribution in [1.29, 1.82) is 0 Å². The highest BCUT2D eigenvalue weighted by atomic mass is 16.7. The number of rotatable bonds is 5. The van der Waals surface area contributed by atoms with Gasteiger partial charge in [-0.05, 0) is 55.7 Å². The topological polar surface area (TPSA) is 94.8 Å². The molecule has 0 atom stereocenters. The molecule has 1 saturated carbocycles. The molecule has 2 N–H and O–H groups in total.